The third-order valence-corrected chi connectivity index (χ3v) is 4.87. The largest absolute Gasteiger partial charge is 0.393 e. The molecule has 0 aromatic heterocycles. The van der Waals surface area contributed by atoms with Gasteiger partial charge in [0.2, 0.25) is 10.0 Å². The van der Waals surface area contributed by atoms with Gasteiger partial charge < -0.3 is 5.11 Å². The Kier molecular flexibility index (Phi) is 5.43. The normalized spacial score (nSPS) is 14.7. The van der Waals surface area contributed by atoms with Crippen molar-refractivity contribution in [2.75, 3.05) is 0 Å². The van der Waals surface area contributed by atoms with Gasteiger partial charge in [-0.15, -0.1) is 0 Å². The minimum Gasteiger partial charge on any atom is -0.393 e. The van der Waals surface area contributed by atoms with Crippen molar-refractivity contribution in [3.05, 3.63) is 33.4 Å². The van der Waals surface area contributed by atoms with Gasteiger partial charge in [0, 0.05) is 18.2 Å². The first-order valence-corrected chi connectivity index (χ1v) is 7.99. The third-order valence-electron chi connectivity index (χ3n) is 3.16. The Morgan fingerprint density at radius 2 is 1.90 bits per heavy atom. The van der Waals surface area contributed by atoms with Crippen LogP contribution in [0.3, 0.4) is 0 Å². The summed E-state index contributed by atoms with van der Waals surface area (Å²) in [6, 6.07) is 1.92. The van der Waals surface area contributed by atoms with Gasteiger partial charge in [0.15, 0.2) is 0 Å². The fourth-order valence-electron chi connectivity index (χ4n) is 2.08. The Hall–Kier alpha value is -1.51. The number of aliphatic hydroxyl groups is 1. The molecule has 8 heteroatoms. The quantitative estimate of drug-likeness (QED) is 0.612. The van der Waals surface area contributed by atoms with Gasteiger partial charge in [-0.05, 0) is 45.2 Å². The first-order chi connectivity index (χ1) is 9.54. The van der Waals surface area contributed by atoms with Crippen LogP contribution in [0.4, 0.5) is 5.69 Å². The molecule has 7 nitrogen and oxygen atoms in total. The first-order valence-electron chi connectivity index (χ1n) is 6.50. The third kappa shape index (κ3) is 4.48. The van der Waals surface area contributed by atoms with E-state index in [1.54, 1.807) is 27.7 Å². The highest BCUT2D eigenvalue weighted by Gasteiger charge is 2.24. The SMILES string of the molecule is Cc1cc([N+](=O)[O-])cc(S(=O)(=O)NC(C)CC(C)O)c1C. The average Bonchev–Trinajstić information content (AvgIpc) is 2.29. The van der Waals surface area contributed by atoms with Gasteiger partial charge in [-0.3, -0.25) is 10.1 Å². The summed E-state index contributed by atoms with van der Waals surface area (Å²) in [5.41, 5.74) is 0.742. The predicted molar refractivity (Wildman–Crippen MR) is 78.7 cm³/mol. The molecule has 2 N–H and O–H groups in total. The van der Waals surface area contributed by atoms with E-state index in [1.165, 1.54) is 6.07 Å². The molecule has 21 heavy (non-hydrogen) atoms. The molecule has 0 bridgehead atoms. The van der Waals surface area contributed by atoms with E-state index < -0.39 is 27.1 Å². The lowest BCUT2D eigenvalue weighted by molar-refractivity contribution is -0.385. The number of aryl methyl sites for hydroxylation is 1. The van der Waals surface area contributed by atoms with Crippen molar-refractivity contribution in [1.29, 1.82) is 0 Å². The van der Waals surface area contributed by atoms with Crippen molar-refractivity contribution in [2.45, 2.75) is 51.2 Å². The molecule has 0 fully saturated rings. The number of sulfonamides is 1. The van der Waals surface area contributed by atoms with Crippen LogP contribution in [0.1, 0.15) is 31.4 Å². The van der Waals surface area contributed by atoms with Crippen LogP contribution in [0.15, 0.2) is 17.0 Å². The van der Waals surface area contributed by atoms with Crippen LogP contribution < -0.4 is 4.72 Å². The summed E-state index contributed by atoms with van der Waals surface area (Å²) < 4.78 is 27.1. The second kappa shape index (κ2) is 6.50. The van der Waals surface area contributed by atoms with Crippen molar-refractivity contribution in [3.63, 3.8) is 0 Å². The van der Waals surface area contributed by atoms with Crippen molar-refractivity contribution < 1.29 is 18.4 Å². The summed E-state index contributed by atoms with van der Waals surface area (Å²) in [6.45, 7) is 6.42. The second-order valence-electron chi connectivity index (χ2n) is 5.25. The zero-order valence-electron chi connectivity index (χ0n) is 12.5. The lowest BCUT2D eigenvalue weighted by atomic mass is 10.1. The van der Waals surface area contributed by atoms with Crippen LogP contribution in [0, 0.1) is 24.0 Å². The van der Waals surface area contributed by atoms with E-state index in [2.05, 4.69) is 4.72 Å². The van der Waals surface area contributed by atoms with E-state index >= 15 is 0 Å². The van der Waals surface area contributed by atoms with Crippen LogP contribution in [-0.4, -0.2) is 30.6 Å². The van der Waals surface area contributed by atoms with Gasteiger partial charge in [0.05, 0.1) is 15.9 Å². The monoisotopic (exact) mass is 316 g/mol. The van der Waals surface area contributed by atoms with Crippen LogP contribution in [-0.2, 0) is 10.0 Å². The van der Waals surface area contributed by atoms with Crippen LogP contribution in [0.2, 0.25) is 0 Å². The molecule has 1 aromatic rings. The predicted octanol–water partition coefficient (Wildman–Crippen LogP) is 1.65. The maximum absolute atomic E-state index is 12.4. The first kappa shape index (κ1) is 17.5. The smallest absolute Gasteiger partial charge is 0.271 e. The Bertz CT molecular complexity index is 640. The number of nitrogens with one attached hydrogen (secondary N) is 1. The minimum absolute atomic E-state index is 0.105. The summed E-state index contributed by atoms with van der Waals surface area (Å²) in [6.07, 6.45) is -0.387. The van der Waals surface area contributed by atoms with Crippen LogP contribution in [0.5, 0.6) is 0 Å². The van der Waals surface area contributed by atoms with Crippen LogP contribution >= 0.6 is 0 Å². The number of nitrogens with zero attached hydrogens (tertiary/aromatic N) is 1. The molecule has 0 amide bonds. The number of aliphatic hydroxyl groups excluding tert-OH is 1. The van der Waals surface area contributed by atoms with Crippen molar-refractivity contribution in [1.82, 2.24) is 4.72 Å². The maximum atomic E-state index is 12.4. The van der Waals surface area contributed by atoms with Crippen molar-refractivity contribution in [2.24, 2.45) is 0 Å². The van der Waals surface area contributed by atoms with Gasteiger partial charge in [-0.25, -0.2) is 13.1 Å². The van der Waals surface area contributed by atoms with E-state index in [1.807, 2.05) is 0 Å². The molecule has 0 spiro atoms. The fourth-order valence-corrected chi connectivity index (χ4v) is 3.67. The van der Waals surface area contributed by atoms with Gasteiger partial charge in [-0.2, -0.15) is 0 Å². The van der Waals surface area contributed by atoms with E-state index in [0.717, 1.165) is 6.07 Å². The number of hydrogen-bond acceptors (Lipinski definition) is 5. The molecule has 0 saturated carbocycles. The molecule has 118 valence electrons. The number of nitro groups is 1. The number of benzene rings is 1. The van der Waals surface area contributed by atoms with E-state index in [-0.39, 0.29) is 17.0 Å². The minimum atomic E-state index is -3.88. The molecule has 1 aromatic carbocycles. The standard InChI is InChI=1S/C13H20N2O5S/c1-8-5-12(15(17)18)7-13(11(8)4)21(19,20)14-9(2)6-10(3)16/h5,7,9-10,14,16H,6H2,1-4H3. The summed E-state index contributed by atoms with van der Waals surface area (Å²) in [5.74, 6) is 0. The highest BCUT2D eigenvalue weighted by Crippen LogP contribution is 2.25. The Balaban J connectivity index is 3.22. The van der Waals surface area contributed by atoms with Gasteiger partial charge in [-0.1, -0.05) is 0 Å². The second-order valence-corrected chi connectivity index (χ2v) is 6.93. The summed E-state index contributed by atoms with van der Waals surface area (Å²) in [7, 11) is -3.88. The highest BCUT2D eigenvalue weighted by molar-refractivity contribution is 7.89. The highest BCUT2D eigenvalue weighted by atomic mass is 32.2. The Labute approximate surface area is 124 Å². The summed E-state index contributed by atoms with van der Waals surface area (Å²) >= 11 is 0. The van der Waals surface area contributed by atoms with Gasteiger partial charge >= 0.3 is 0 Å². The summed E-state index contributed by atoms with van der Waals surface area (Å²) in [5, 5.41) is 20.2. The van der Waals surface area contributed by atoms with E-state index in [4.69, 9.17) is 0 Å². The molecule has 0 aliphatic heterocycles. The Morgan fingerprint density at radius 3 is 2.38 bits per heavy atom. The molecular formula is C13H20N2O5S. The Morgan fingerprint density at radius 1 is 1.33 bits per heavy atom. The van der Waals surface area contributed by atoms with Gasteiger partial charge in [0.1, 0.15) is 0 Å². The molecular weight excluding hydrogens is 296 g/mol. The van der Waals surface area contributed by atoms with Crippen molar-refractivity contribution >= 4 is 15.7 Å². The zero-order chi connectivity index (χ0) is 16.4. The maximum Gasteiger partial charge on any atom is 0.271 e. The fraction of sp³-hybridized carbons (Fsp3) is 0.538. The lowest BCUT2D eigenvalue weighted by Crippen LogP contribution is -2.35. The molecule has 0 aliphatic rings. The topological polar surface area (TPSA) is 110 Å². The molecule has 0 heterocycles. The lowest BCUT2D eigenvalue weighted by Gasteiger charge is -2.17. The molecule has 0 saturated heterocycles. The average molecular weight is 316 g/mol. The van der Waals surface area contributed by atoms with E-state index in [0.29, 0.717) is 11.1 Å². The molecule has 0 radical (unpaired) electrons. The number of nitro benzene ring substituents is 1. The van der Waals surface area contributed by atoms with E-state index in [9.17, 15) is 23.6 Å². The number of non-ortho nitro benzene ring substituents is 1. The number of hydrogen-bond donors (Lipinski definition) is 2. The molecule has 2 unspecified atom stereocenters. The molecule has 1 rings (SSSR count). The van der Waals surface area contributed by atoms with Crippen molar-refractivity contribution in [3.8, 4) is 0 Å². The zero-order valence-corrected chi connectivity index (χ0v) is 13.3. The number of rotatable bonds is 6. The van der Waals surface area contributed by atoms with Crippen LogP contribution in [0.25, 0.3) is 0 Å². The molecule has 2 atom stereocenters. The summed E-state index contributed by atoms with van der Waals surface area (Å²) in [4.78, 5) is 10.1. The van der Waals surface area contributed by atoms with Gasteiger partial charge in [0.25, 0.3) is 5.69 Å². The molecule has 0 aliphatic carbocycles.